The van der Waals surface area contributed by atoms with E-state index in [4.69, 9.17) is 10.5 Å². The van der Waals surface area contributed by atoms with E-state index in [9.17, 15) is 4.79 Å². The molecule has 2 rings (SSSR count). The smallest absolute Gasteiger partial charge is 0.255 e. The lowest BCUT2D eigenvalue weighted by Crippen LogP contribution is -2.42. The third-order valence-electron chi connectivity index (χ3n) is 4.22. The monoisotopic (exact) mass is 276 g/mol. The highest BCUT2D eigenvalue weighted by atomic mass is 16.5. The lowest BCUT2D eigenvalue weighted by molar-refractivity contribution is 0.0901. The van der Waals surface area contributed by atoms with Gasteiger partial charge in [-0.2, -0.15) is 0 Å². The van der Waals surface area contributed by atoms with Crippen LogP contribution >= 0.6 is 0 Å². The summed E-state index contributed by atoms with van der Waals surface area (Å²) in [4.78, 5) is 12.5. The molecule has 4 heteroatoms. The van der Waals surface area contributed by atoms with Crippen LogP contribution in [0.25, 0.3) is 0 Å². The number of nitrogen functional groups attached to an aromatic ring is 1. The predicted octanol–water partition coefficient (Wildman–Crippen LogP) is 2.98. The highest BCUT2D eigenvalue weighted by Gasteiger charge is 2.26. The zero-order valence-corrected chi connectivity index (χ0v) is 12.3. The van der Waals surface area contributed by atoms with Gasteiger partial charge in [-0.3, -0.25) is 4.79 Å². The maximum atomic E-state index is 12.5. The number of methoxy groups -OCH3 is 1. The Labute approximate surface area is 120 Å². The zero-order chi connectivity index (χ0) is 14.5. The number of hydrogen-bond acceptors (Lipinski definition) is 3. The van der Waals surface area contributed by atoms with Gasteiger partial charge in [0.15, 0.2) is 0 Å². The van der Waals surface area contributed by atoms with Crippen LogP contribution in [0.5, 0.6) is 5.75 Å². The van der Waals surface area contributed by atoms with E-state index in [0.29, 0.717) is 22.9 Å². The summed E-state index contributed by atoms with van der Waals surface area (Å²) in [5.41, 5.74) is 6.87. The quantitative estimate of drug-likeness (QED) is 0.831. The van der Waals surface area contributed by atoms with Gasteiger partial charge in [-0.1, -0.05) is 26.2 Å². The lowest BCUT2D eigenvalue weighted by Gasteiger charge is -2.31. The number of amides is 1. The number of carbonyl (C=O) groups is 1. The summed E-state index contributed by atoms with van der Waals surface area (Å²) < 4.78 is 5.25. The topological polar surface area (TPSA) is 64.4 Å². The van der Waals surface area contributed by atoms with Crippen molar-refractivity contribution >= 4 is 11.6 Å². The van der Waals surface area contributed by atoms with Gasteiger partial charge in [0, 0.05) is 11.7 Å². The number of nitrogens with two attached hydrogens (primary N) is 1. The Morgan fingerprint density at radius 1 is 1.40 bits per heavy atom. The van der Waals surface area contributed by atoms with Crippen LogP contribution in [0, 0.1) is 5.92 Å². The molecule has 1 fully saturated rings. The van der Waals surface area contributed by atoms with Gasteiger partial charge in [-0.25, -0.2) is 0 Å². The molecule has 1 saturated carbocycles. The number of hydrogen-bond donors (Lipinski definition) is 2. The van der Waals surface area contributed by atoms with Crippen LogP contribution in [0.2, 0.25) is 0 Å². The van der Waals surface area contributed by atoms with Crippen LogP contribution in [0.15, 0.2) is 18.2 Å². The first-order valence-electron chi connectivity index (χ1n) is 7.40. The Morgan fingerprint density at radius 3 is 2.85 bits per heavy atom. The van der Waals surface area contributed by atoms with Crippen molar-refractivity contribution in [1.82, 2.24) is 5.32 Å². The molecule has 1 aromatic carbocycles. The SMILES string of the molecule is CCC1CCCCC1NC(=O)c1cc(N)ccc1OC. The van der Waals surface area contributed by atoms with Crippen molar-refractivity contribution in [3.8, 4) is 5.75 Å². The van der Waals surface area contributed by atoms with Crippen molar-refractivity contribution in [2.45, 2.75) is 45.1 Å². The number of nitrogens with one attached hydrogen (secondary N) is 1. The summed E-state index contributed by atoms with van der Waals surface area (Å²) in [7, 11) is 1.57. The van der Waals surface area contributed by atoms with Crippen molar-refractivity contribution in [1.29, 1.82) is 0 Å². The highest BCUT2D eigenvalue weighted by Crippen LogP contribution is 2.28. The second-order valence-electron chi connectivity index (χ2n) is 5.49. The fraction of sp³-hybridized carbons (Fsp3) is 0.562. The van der Waals surface area contributed by atoms with Gasteiger partial charge >= 0.3 is 0 Å². The molecule has 2 unspecified atom stereocenters. The van der Waals surface area contributed by atoms with Crippen molar-refractivity contribution in [2.24, 2.45) is 5.92 Å². The fourth-order valence-corrected chi connectivity index (χ4v) is 3.04. The normalized spacial score (nSPS) is 22.3. The minimum absolute atomic E-state index is 0.0838. The van der Waals surface area contributed by atoms with Gasteiger partial charge < -0.3 is 15.8 Å². The van der Waals surface area contributed by atoms with Crippen molar-refractivity contribution < 1.29 is 9.53 Å². The molecule has 0 spiro atoms. The molecule has 0 aromatic heterocycles. The second-order valence-corrected chi connectivity index (χ2v) is 5.49. The molecule has 1 aliphatic carbocycles. The minimum atomic E-state index is -0.0838. The zero-order valence-electron chi connectivity index (χ0n) is 12.3. The Morgan fingerprint density at radius 2 is 2.15 bits per heavy atom. The number of benzene rings is 1. The molecule has 1 aromatic rings. The van der Waals surface area contributed by atoms with Crippen LogP contribution in [0.3, 0.4) is 0 Å². The van der Waals surface area contributed by atoms with Gasteiger partial charge in [0.25, 0.3) is 5.91 Å². The third-order valence-corrected chi connectivity index (χ3v) is 4.22. The molecule has 4 nitrogen and oxygen atoms in total. The molecular formula is C16H24N2O2. The summed E-state index contributed by atoms with van der Waals surface area (Å²) in [6.07, 6.45) is 5.84. The first-order chi connectivity index (χ1) is 9.65. The molecule has 0 saturated heterocycles. The highest BCUT2D eigenvalue weighted by molar-refractivity contribution is 5.98. The van der Waals surface area contributed by atoms with Gasteiger partial charge in [0.05, 0.1) is 12.7 Å². The van der Waals surface area contributed by atoms with E-state index in [1.54, 1.807) is 25.3 Å². The molecule has 3 N–H and O–H groups in total. The standard InChI is InChI=1S/C16H24N2O2/c1-3-11-6-4-5-7-14(11)18-16(19)13-10-12(17)8-9-15(13)20-2/h8-11,14H,3-7,17H2,1-2H3,(H,18,19). The Balaban J connectivity index is 2.13. The second kappa shape index (κ2) is 6.64. The minimum Gasteiger partial charge on any atom is -0.496 e. The number of ether oxygens (including phenoxy) is 1. The molecule has 0 radical (unpaired) electrons. The molecule has 1 aliphatic rings. The molecule has 0 heterocycles. The average molecular weight is 276 g/mol. The van der Waals surface area contributed by atoms with Crippen LogP contribution < -0.4 is 15.8 Å². The molecular weight excluding hydrogens is 252 g/mol. The summed E-state index contributed by atoms with van der Waals surface area (Å²) in [6, 6.07) is 5.43. The maximum absolute atomic E-state index is 12.5. The summed E-state index contributed by atoms with van der Waals surface area (Å²) in [6.45, 7) is 2.19. The summed E-state index contributed by atoms with van der Waals surface area (Å²) >= 11 is 0. The molecule has 0 bridgehead atoms. The number of anilines is 1. The van der Waals surface area contributed by atoms with Crippen LogP contribution in [-0.2, 0) is 0 Å². The van der Waals surface area contributed by atoms with E-state index in [-0.39, 0.29) is 11.9 Å². The van der Waals surface area contributed by atoms with Crippen molar-refractivity contribution in [2.75, 3.05) is 12.8 Å². The Hall–Kier alpha value is -1.71. The van der Waals surface area contributed by atoms with Crippen LogP contribution in [0.4, 0.5) is 5.69 Å². The number of carbonyl (C=O) groups excluding carboxylic acids is 1. The molecule has 1 amide bonds. The van der Waals surface area contributed by atoms with E-state index >= 15 is 0 Å². The van der Waals surface area contributed by atoms with Gasteiger partial charge in [-0.15, -0.1) is 0 Å². The Bertz CT molecular complexity index is 474. The maximum Gasteiger partial charge on any atom is 0.255 e. The fourth-order valence-electron chi connectivity index (χ4n) is 3.04. The third kappa shape index (κ3) is 3.24. The largest absolute Gasteiger partial charge is 0.496 e. The molecule has 2 atom stereocenters. The molecule has 20 heavy (non-hydrogen) atoms. The lowest BCUT2D eigenvalue weighted by atomic mass is 9.83. The van der Waals surface area contributed by atoms with Crippen molar-refractivity contribution in [3.05, 3.63) is 23.8 Å². The van der Waals surface area contributed by atoms with Crippen LogP contribution in [-0.4, -0.2) is 19.1 Å². The predicted molar refractivity (Wildman–Crippen MR) is 80.9 cm³/mol. The van der Waals surface area contributed by atoms with E-state index in [1.165, 1.54) is 19.3 Å². The van der Waals surface area contributed by atoms with E-state index in [2.05, 4.69) is 12.2 Å². The van der Waals surface area contributed by atoms with Crippen LogP contribution in [0.1, 0.15) is 49.4 Å². The van der Waals surface area contributed by atoms with Crippen molar-refractivity contribution in [3.63, 3.8) is 0 Å². The first-order valence-corrected chi connectivity index (χ1v) is 7.40. The van der Waals surface area contributed by atoms with E-state index < -0.39 is 0 Å². The van der Waals surface area contributed by atoms with Gasteiger partial charge in [-0.05, 0) is 37.0 Å². The van der Waals surface area contributed by atoms with E-state index in [0.717, 1.165) is 12.8 Å². The Kier molecular flexibility index (Phi) is 4.88. The molecule has 110 valence electrons. The molecule has 0 aliphatic heterocycles. The number of rotatable bonds is 4. The average Bonchev–Trinajstić information content (AvgIpc) is 2.47. The first kappa shape index (κ1) is 14.7. The van der Waals surface area contributed by atoms with E-state index in [1.807, 2.05) is 0 Å². The van der Waals surface area contributed by atoms with Gasteiger partial charge in [0.2, 0.25) is 0 Å². The van der Waals surface area contributed by atoms with Gasteiger partial charge in [0.1, 0.15) is 5.75 Å². The summed E-state index contributed by atoms with van der Waals surface area (Å²) in [5.74, 6) is 1.07. The summed E-state index contributed by atoms with van der Waals surface area (Å²) in [5, 5.41) is 3.16.